The first-order chi connectivity index (χ1) is 13.8. The van der Waals surface area contributed by atoms with Gasteiger partial charge in [0.25, 0.3) is 0 Å². The van der Waals surface area contributed by atoms with Gasteiger partial charge in [0.2, 0.25) is 0 Å². The van der Waals surface area contributed by atoms with Crippen molar-refractivity contribution in [1.82, 2.24) is 10.3 Å². The lowest BCUT2D eigenvalue weighted by Gasteiger charge is -2.11. The van der Waals surface area contributed by atoms with Crippen molar-refractivity contribution in [3.63, 3.8) is 0 Å². The van der Waals surface area contributed by atoms with Crippen LogP contribution in [0.5, 0.6) is 0 Å². The van der Waals surface area contributed by atoms with E-state index in [0.717, 1.165) is 29.7 Å². The lowest BCUT2D eigenvalue weighted by Crippen LogP contribution is -2.17. The van der Waals surface area contributed by atoms with Crippen molar-refractivity contribution in [3.05, 3.63) is 114 Å². The molecule has 0 aliphatic heterocycles. The Morgan fingerprint density at radius 3 is 2.21 bits per heavy atom. The minimum Gasteiger partial charge on any atom is -0.384 e. The summed E-state index contributed by atoms with van der Waals surface area (Å²) in [6.07, 6.45) is 4.63. The van der Waals surface area contributed by atoms with Crippen LogP contribution in [0.25, 0.3) is 16.6 Å². The van der Waals surface area contributed by atoms with Gasteiger partial charge < -0.3 is 10.3 Å². The highest BCUT2D eigenvalue weighted by atomic mass is 16.1. The summed E-state index contributed by atoms with van der Waals surface area (Å²) < 4.78 is 0. The van der Waals surface area contributed by atoms with Gasteiger partial charge in [0.05, 0.1) is 0 Å². The number of hydrogen-bond acceptors (Lipinski definition) is 2. The third-order valence-corrected chi connectivity index (χ3v) is 4.80. The van der Waals surface area contributed by atoms with Crippen molar-refractivity contribution < 1.29 is 4.79 Å². The molecule has 0 saturated carbocycles. The number of carbonyl (C=O) groups excluding carboxylic acids is 1. The molecule has 0 fully saturated rings. The summed E-state index contributed by atoms with van der Waals surface area (Å²) in [5.41, 5.74) is 4.95. The highest BCUT2D eigenvalue weighted by Crippen LogP contribution is 2.18. The molecule has 3 aromatic carbocycles. The van der Waals surface area contributed by atoms with Crippen LogP contribution in [0.3, 0.4) is 0 Å². The number of fused-ring (bicyclic) bond motifs is 1. The molecule has 138 valence electrons. The molecule has 28 heavy (non-hydrogen) atoms. The number of aromatic amines is 1. The molecular weight excluding hydrogens is 344 g/mol. The average molecular weight is 366 g/mol. The number of H-pyrrole nitrogens is 1. The van der Waals surface area contributed by atoms with Gasteiger partial charge in [0.15, 0.2) is 5.78 Å². The Morgan fingerprint density at radius 2 is 1.46 bits per heavy atom. The van der Waals surface area contributed by atoms with Crippen molar-refractivity contribution in [3.8, 4) is 0 Å². The van der Waals surface area contributed by atoms with Crippen molar-refractivity contribution >= 4 is 22.4 Å². The maximum Gasteiger partial charge on any atom is 0.187 e. The Labute approximate surface area is 164 Å². The molecule has 0 saturated heterocycles. The fraction of sp³-hybridized carbons (Fsp3) is 0.0800. The molecule has 0 bridgehead atoms. The van der Waals surface area contributed by atoms with E-state index < -0.39 is 0 Å². The molecule has 4 aromatic rings. The van der Waals surface area contributed by atoms with Crippen molar-refractivity contribution in [2.75, 3.05) is 6.54 Å². The highest BCUT2D eigenvalue weighted by Gasteiger charge is 2.08. The summed E-state index contributed by atoms with van der Waals surface area (Å²) in [7, 11) is 0. The zero-order chi connectivity index (χ0) is 19.2. The summed E-state index contributed by atoms with van der Waals surface area (Å²) >= 11 is 0. The van der Waals surface area contributed by atoms with Gasteiger partial charge in [-0.3, -0.25) is 4.79 Å². The lowest BCUT2D eigenvalue weighted by molar-refractivity contribution is 0.104. The number of ketones is 1. The summed E-state index contributed by atoms with van der Waals surface area (Å²) in [6.45, 7) is 0.741. The fourth-order valence-corrected chi connectivity index (χ4v) is 3.34. The van der Waals surface area contributed by atoms with Gasteiger partial charge in [0, 0.05) is 41.0 Å². The monoisotopic (exact) mass is 366 g/mol. The van der Waals surface area contributed by atoms with E-state index in [2.05, 4.69) is 34.7 Å². The second kappa shape index (κ2) is 8.40. The number of rotatable bonds is 7. The molecule has 2 N–H and O–H groups in total. The first-order valence-electron chi connectivity index (χ1n) is 9.46. The van der Waals surface area contributed by atoms with Crippen LogP contribution in [0.4, 0.5) is 0 Å². The van der Waals surface area contributed by atoms with Crippen LogP contribution in [0, 0.1) is 0 Å². The summed E-state index contributed by atoms with van der Waals surface area (Å²) in [6, 6.07) is 27.6. The fourth-order valence-electron chi connectivity index (χ4n) is 3.34. The first kappa shape index (κ1) is 17.8. The third-order valence-electron chi connectivity index (χ3n) is 4.80. The van der Waals surface area contributed by atoms with Gasteiger partial charge in [-0.2, -0.15) is 0 Å². The second-order valence-corrected chi connectivity index (χ2v) is 6.69. The van der Waals surface area contributed by atoms with E-state index in [1.54, 1.807) is 6.08 Å². The van der Waals surface area contributed by atoms with Crippen LogP contribution in [0.2, 0.25) is 0 Å². The van der Waals surface area contributed by atoms with Crippen molar-refractivity contribution in [1.29, 1.82) is 0 Å². The molecule has 0 aliphatic rings. The van der Waals surface area contributed by atoms with E-state index in [9.17, 15) is 4.79 Å². The van der Waals surface area contributed by atoms with E-state index in [1.165, 1.54) is 10.9 Å². The largest absolute Gasteiger partial charge is 0.384 e. The van der Waals surface area contributed by atoms with Crippen molar-refractivity contribution in [2.24, 2.45) is 0 Å². The van der Waals surface area contributed by atoms with Crippen LogP contribution < -0.4 is 5.32 Å². The smallest absolute Gasteiger partial charge is 0.187 e. The van der Waals surface area contributed by atoms with Crippen molar-refractivity contribution in [2.45, 2.75) is 6.42 Å². The van der Waals surface area contributed by atoms with Crippen LogP contribution in [0.1, 0.15) is 21.5 Å². The summed E-state index contributed by atoms with van der Waals surface area (Å²) in [4.78, 5) is 16.0. The number of nitrogens with one attached hydrogen (secondary N) is 2. The SMILES string of the molecule is O=C(/C=C(/NCCc1c[nH]c2ccccc12)c1ccccc1)c1ccccc1. The number of para-hydroxylation sites is 1. The van der Waals surface area contributed by atoms with E-state index >= 15 is 0 Å². The van der Waals surface area contributed by atoms with E-state index in [-0.39, 0.29) is 5.78 Å². The van der Waals surface area contributed by atoms with Crippen LogP contribution >= 0.6 is 0 Å². The zero-order valence-electron chi connectivity index (χ0n) is 15.6. The Morgan fingerprint density at radius 1 is 0.821 bits per heavy atom. The minimum absolute atomic E-state index is 0.000882. The Balaban J connectivity index is 1.53. The first-order valence-corrected chi connectivity index (χ1v) is 9.46. The van der Waals surface area contributed by atoms with Gasteiger partial charge in [0.1, 0.15) is 0 Å². The molecule has 4 rings (SSSR count). The standard InChI is InChI=1S/C25H22N2O/c28-25(20-11-5-2-6-12-20)17-24(19-9-3-1-4-10-19)26-16-15-21-18-27-23-14-8-7-13-22(21)23/h1-14,17-18,26-27H,15-16H2/b24-17+. The Bertz CT molecular complexity index is 1100. The normalized spacial score (nSPS) is 11.5. The van der Waals surface area contributed by atoms with Crippen LogP contribution in [0.15, 0.2) is 97.2 Å². The molecule has 3 nitrogen and oxygen atoms in total. The molecule has 3 heteroatoms. The van der Waals surface area contributed by atoms with Gasteiger partial charge >= 0.3 is 0 Å². The molecule has 1 aromatic heterocycles. The van der Waals surface area contributed by atoms with E-state index in [4.69, 9.17) is 0 Å². The molecule has 0 atom stereocenters. The highest BCUT2D eigenvalue weighted by molar-refractivity contribution is 6.08. The number of hydrogen-bond donors (Lipinski definition) is 2. The number of aromatic nitrogens is 1. The predicted molar refractivity (Wildman–Crippen MR) is 115 cm³/mol. The quantitative estimate of drug-likeness (QED) is 0.348. The second-order valence-electron chi connectivity index (χ2n) is 6.69. The van der Waals surface area contributed by atoms with Gasteiger partial charge in [-0.15, -0.1) is 0 Å². The van der Waals surface area contributed by atoms with Gasteiger partial charge in [-0.25, -0.2) is 0 Å². The Hall–Kier alpha value is -3.59. The predicted octanol–water partition coefficient (Wildman–Crippen LogP) is 5.22. The zero-order valence-corrected chi connectivity index (χ0v) is 15.6. The maximum absolute atomic E-state index is 12.7. The third kappa shape index (κ3) is 4.04. The number of allylic oxidation sites excluding steroid dienone is 1. The van der Waals surface area contributed by atoms with Crippen LogP contribution in [-0.2, 0) is 6.42 Å². The van der Waals surface area contributed by atoms with Gasteiger partial charge in [-0.1, -0.05) is 78.9 Å². The van der Waals surface area contributed by atoms with Crippen LogP contribution in [-0.4, -0.2) is 17.3 Å². The Kier molecular flexibility index (Phi) is 5.34. The topological polar surface area (TPSA) is 44.9 Å². The molecule has 1 heterocycles. The average Bonchev–Trinajstić information content (AvgIpc) is 3.17. The maximum atomic E-state index is 12.7. The molecule has 0 unspecified atom stereocenters. The molecule has 0 spiro atoms. The van der Waals surface area contributed by atoms with E-state index in [0.29, 0.717) is 5.56 Å². The number of carbonyl (C=O) groups is 1. The minimum atomic E-state index is -0.000882. The molecular formula is C25H22N2O. The van der Waals surface area contributed by atoms with E-state index in [1.807, 2.05) is 66.7 Å². The summed E-state index contributed by atoms with van der Waals surface area (Å²) in [5, 5.41) is 4.71. The number of benzene rings is 3. The molecule has 0 radical (unpaired) electrons. The molecule has 0 aliphatic carbocycles. The lowest BCUT2D eigenvalue weighted by atomic mass is 10.1. The summed E-state index contributed by atoms with van der Waals surface area (Å²) in [5.74, 6) is -0.000882. The molecule has 0 amide bonds. The van der Waals surface area contributed by atoms with Gasteiger partial charge in [-0.05, 0) is 23.6 Å².